The second kappa shape index (κ2) is 10.8. The standard InChI is InChI=1S/C41H59N3O2S/c1-25(2)26-14-19-41(36(46)44-22-8-10-29(44)35-42-24-28(43-35)30-11-9-23-47-30)21-20-39(6)27(34(26)41)12-13-32-38(5)17-16-33(45)37(3,4)31(38)15-18-40(32,39)7/h9,11,23-24,26-27,29,31-34,45H,1,8,10,12-22H2,2-7H3,(H,42,43). The lowest BCUT2D eigenvalue weighted by molar-refractivity contribution is -0.247. The van der Waals surface area contributed by atoms with Gasteiger partial charge in [-0.2, -0.15) is 0 Å². The van der Waals surface area contributed by atoms with Gasteiger partial charge in [0, 0.05) is 6.54 Å². The van der Waals surface area contributed by atoms with Crippen molar-refractivity contribution < 1.29 is 9.90 Å². The first-order chi connectivity index (χ1) is 22.3. The molecule has 256 valence electrons. The zero-order valence-electron chi connectivity index (χ0n) is 29.9. The summed E-state index contributed by atoms with van der Waals surface area (Å²) < 4.78 is 0. The van der Waals surface area contributed by atoms with Crippen LogP contribution < -0.4 is 0 Å². The molecule has 1 saturated heterocycles. The van der Waals surface area contributed by atoms with Crippen LogP contribution in [0.5, 0.6) is 0 Å². The van der Waals surface area contributed by atoms with Crippen molar-refractivity contribution >= 4 is 17.2 Å². The Morgan fingerprint density at radius 3 is 2.53 bits per heavy atom. The van der Waals surface area contributed by atoms with Gasteiger partial charge in [0.2, 0.25) is 5.91 Å². The average molecular weight is 658 g/mol. The Morgan fingerprint density at radius 2 is 1.79 bits per heavy atom. The molecule has 8 rings (SSSR count). The summed E-state index contributed by atoms with van der Waals surface area (Å²) in [6.07, 6.45) is 15.2. The topological polar surface area (TPSA) is 69.2 Å². The lowest BCUT2D eigenvalue weighted by atomic mass is 9.32. The van der Waals surface area contributed by atoms with Crippen molar-refractivity contribution in [2.75, 3.05) is 6.54 Å². The molecule has 5 saturated carbocycles. The van der Waals surface area contributed by atoms with Gasteiger partial charge in [-0.3, -0.25) is 4.79 Å². The van der Waals surface area contributed by atoms with Crippen molar-refractivity contribution in [1.29, 1.82) is 0 Å². The predicted molar refractivity (Wildman–Crippen MR) is 191 cm³/mol. The molecule has 6 aliphatic rings. The van der Waals surface area contributed by atoms with E-state index >= 15 is 4.79 Å². The molecule has 6 fully saturated rings. The molecule has 6 heteroatoms. The molecule has 11 atom stereocenters. The Balaban J connectivity index is 1.13. The zero-order valence-corrected chi connectivity index (χ0v) is 30.7. The minimum Gasteiger partial charge on any atom is -0.393 e. The van der Waals surface area contributed by atoms with Gasteiger partial charge < -0.3 is 15.0 Å². The summed E-state index contributed by atoms with van der Waals surface area (Å²) in [6, 6.07) is 4.26. The normalized spacial score (nSPS) is 45.5. The lowest BCUT2D eigenvalue weighted by Crippen LogP contribution is -2.67. The third-order valence-electron chi connectivity index (χ3n) is 16.7. The van der Waals surface area contributed by atoms with E-state index in [-0.39, 0.29) is 39.2 Å². The smallest absolute Gasteiger partial charge is 0.229 e. The van der Waals surface area contributed by atoms with E-state index in [2.05, 4.69) is 75.5 Å². The fourth-order valence-electron chi connectivity index (χ4n) is 14.1. The molecular formula is C41H59N3O2S. The summed E-state index contributed by atoms with van der Waals surface area (Å²) in [5, 5.41) is 13.2. The van der Waals surface area contributed by atoms with Crippen LogP contribution in [0.2, 0.25) is 0 Å². The van der Waals surface area contributed by atoms with Crippen molar-refractivity contribution in [2.24, 2.45) is 56.7 Å². The number of aliphatic hydroxyl groups excluding tert-OH is 1. The molecule has 5 nitrogen and oxygen atoms in total. The number of aromatic nitrogens is 2. The number of rotatable bonds is 4. The minimum absolute atomic E-state index is 0.0263. The summed E-state index contributed by atoms with van der Waals surface area (Å²) >= 11 is 1.73. The van der Waals surface area contributed by atoms with Crippen LogP contribution >= 0.6 is 11.3 Å². The lowest BCUT2D eigenvalue weighted by Gasteiger charge is -2.73. The van der Waals surface area contributed by atoms with E-state index in [0.29, 0.717) is 35.5 Å². The van der Waals surface area contributed by atoms with Gasteiger partial charge >= 0.3 is 0 Å². The number of carbonyl (C=O) groups excluding carboxylic acids is 1. The van der Waals surface area contributed by atoms with Crippen molar-refractivity contribution in [3.63, 3.8) is 0 Å². The van der Waals surface area contributed by atoms with Crippen LogP contribution in [0.25, 0.3) is 10.6 Å². The number of aliphatic hydroxyl groups is 1. The summed E-state index contributed by atoms with van der Waals surface area (Å²) in [6.45, 7) is 20.4. The van der Waals surface area contributed by atoms with Gasteiger partial charge in [0.1, 0.15) is 5.82 Å². The molecule has 11 unspecified atom stereocenters. The second-order valence-corrected chi connectivity index (χ2v) is 19.5. The third-order valence-corrected chi connectivity index (χ3v) is 17.6. The molecule has 2 aromatic rings. The maximum atomic E-state index is 15.3. The molecule has 3 heterocycles. The van der Waals surface area contributed by atoms with Gasteiger partial charge in [0.05, 0.1) is 34.3 Å². The third kappa shape index (κ3) is 4.28. The van der Waals surface area contributed by atoms with Gasteiger partial charge in [0.25, 0.3) is 0 Å². The number of fused-ring (bicyclic) bond motifs is 7. The number of amides is 1. The molecule has 1 aliphatic heterocycles. The first-order valence-electron chi connectivity index (χ1n) is 19.0. The number of allylic oxidation sites excluding steroid dienone is 1. The highest BCUT2D eigenvalue weighted by Gasteiger charge is 2.72. The van der Waals surface area contributed by atoms with E-state index < -0.39 is 0 Å². The molecule has 47 heavy (non-hydrogen) atoms. The Hall–Kier alpha value is -1.92. The number of nitrogens with one attached hydrogen (secondary N) is 1. The van der Waals surface area contributed by atoms with Gasteiger partial charge in [-0.25, -0.2) is 4.98 Å². The van der Waals surface area contributed by atoms with Gasteiger partial charge in [-0.1, -0.05) is 52.8 Å². The van der Waals surface area contributed by atoms with E-state index in [1.807, 2.05) is 6.20 Å². The molecule has 2 aromatic heterocycles. The van der Waals surface area contributed by atoms with Crippen molar-refractivity contribution in [2.45, 2.75) is 131 Å². The van der Waals surface area contributed by atoms with Crippen molar-refractivity contribution in [3.05, 3.63) is 41.7 Å². The SMILES string of the molecule is C=C(C)C1CCC2(C(=O)N3CCCC3c3ncc(-c4cccs4)[nH]3)CCC3(C)C(CCC4C5(C)CCC(O)C(C)(C)C5CCC43C)C12. The summed E-state index contributed by atoms with van der Waals surface area (Å²) in [5.41, 5.74) is 2.76. The summed E-state index contributed by atoms with van der Waals surface area (Å²) in [4.78, 5) is 27.3. The predicted octanol–water partition coefficient (Wildman–Crippen LogP) is 9.82. The number of H-pyrrole nitrogens is 1. The van der Waals surface area contributed by atoms with Gasteiger partial charge in [0.15, 0.2) is 0 Å². The van der Waals surface area contributed by atoms with E-state index in [1.54, 1.807) is 11.3 Å². The quantitative estimate of drug-likeness (QED) is 0.322. The molecular weight excluding hydrogens is 599 g/mol. The highest BCUT2D eigenvalue weighted by Crippen LogP contribution is 2.77. The Bertz CT molecular complexity index is 1540. The number of imidazole rings is 1. The molecule has 0 spiro atoms. The molecule has 1 amide bonds. The van der Waals surface area contributed by atoms with Gasteiger partial charge in [-0.05, 0) is 147 Å². The van der Waals surface area contributed by atoms with Crippen LogP contribution in [0.15, 0.2) is 35.9 Å². The van der Waals surface area contributed by atoms with Crippen LogP contribution in [-0.4, -0.2) is 38.5 Å². The van der Waals surface area contributed by atoms with E-state index in [9.17, 15) is 5.11 Å². The van der Waals surface area contributed by atoms with Crippen LogP contribution in [-0.2, 0) is 4.79 Å². The number of aromatic amines is 1. The van der Waals surface area contributed by atoms with Crippen LogP contribution in [0.4, 0.5) is 0 Å². The minimum atomic E-state index is -0.291. The molecule has 5 aliphatic carbocycles. The molecule has 2 N–H and O–H groups in total. The number of carbonyl (C=O) groups is 1. The molecule has 0 aromatic carbocycles. The van der Waals surface area contributed by atoms with Crippen LogP contribution in [0.1, 0.15) is 130 Å². The summed E-state index contributed by atoms with van der Waals surface area (Å²) in [7, 11) is 0. The summed E-state index contributed by atoms with van der Waals surface area (Å²) in [5.74, 6) is 3.98. The fraction of sp³-hybridized carbons (Fsp3) is 0.756. The van der Waals surface area contributed by atoms with E-state index in [1.165, 1.54) is 36.1 Å². The molecule has 0 bridgehead atoms. The number of hydrogen-bond donors (Lipinski definition) is 2. The fourth-order valence-corrected chi connectivity index (χ4v) is 14.8. The Morgan fingerprint density at radius 1 is 0.979 bits per heavy atom. The highest BCUT2D eigenvalue weighted by molar-refractivity contribution is 7.13. The van der Waals surface area contributed by atoms with E-state index in [4.69, 9.17) is 4.98 Å². The highest BCUT2D eigenvalue weighted by atomic mass is 32.1. The number of nitrogens with zero attached hydrogens (tertiary/aromatic N) is 2. The van der Waals surface area contributed by atoms with Crippen LogP contribution in [0, 0.1) is 56.7 Å². The first kappa shape index (κ1) is 32.3. The Kier molecular flexibility index (Phi) is 7.41. The number of thiophene rings is 1. The van der Waals surface area contributed by atoms with Crippen molar-refractivity contribution in [3.8, 4) is 10.6 Å². The second-order valence-electron chi connectivity index (χ2n) is 18.5. The van der Waals surface area contributed by atoms with E-state index in [0.717, 1.165) is 69.4 Å². The average Bonchev–Trinajstić information content (AvgIpc) is 3.85. The van der Waals surface area contributed by atoms with Crippen LogP contribution in [0.3, 0.4) is 0 Å². The monoisotopic (exact) mass is 657 g/mol. The maximum absolute atomic E-state index is 15.3. The molecule has 0 radical (unpaired) electrons. The Labute approximate surface area is 287 Å². The number of likely N-dealkylation sites (tertiary alicyclic amines) is 1. The largest absolute Gasteiger partial charge is 0.393 e. The zero-order chi connectivity index (χ0) is 33.1. The number of hydrogen-bond acceptors (Lipinski definition) is 4. The van der Waals surface area contributed by atoms with Crippen molar-refractivity contribution in [1.82, 2.24) is 14.9 Å². The maximum Gasteiger partial charge on any atom is 0.229 e. The first-order valence-corrected chi connectivity index (χ1v) is 19.9. The van der Waals surface area contributed by atoms with Gasteiger partial charge in [-0.15, -0.1) is 11.3 Å².